The summed E-state index contributed by atoms with van der Waals surface area (Å²) in [7, 11) is 0. The van der Waals surface area contributed by atoms with Gasteiger partial charge in [-0.05, 0) is 48.9 Å². The van der Waals surface area contributed by atoms with E-state index in [0.29, 0.717) is 53.0 Å². The Kier molecular flexibility index (Phi) is 6.66. The Balaban J connectivity index is 1.36. The van der Waals surface area contributed by atoms with Crippen LogP contribution in [0.3, 0.4) is 0 Å². The molecule has 8 heteroatoms. The van der Waals surface area contributed by atoms with E-state index in [1.54, 1.807) is 59.6 Å². The number of nitrogens with zero attached hydrogens (tertiary/aromatic N) is 2. The maximum Gasteiger partial charge on any atom is 0.261 e. The number of carbonyl (C=O) groups excluding carboxylic acids is 1. The van der Waals surface area contributed by atoms with Crippen molar-refractivity contribution < 1.29 is 23.7 Å². The van der Waals surface area contributed by atoms with E-state index < -0.39 is 0 Å². The van der Waals surface area contributed by atoms with Crippen LogP contribution in [0.4, 0.5) is 0 Å². The normalized spacial score (nSPS) is 12.1. The standard InChI is InChI=1S/C28H24N2O6/c1-19-12-22(16-31)26(35-17-20-4-2-8-29-15-20)14-25(19)36-18-21-5-3-9-30(28(21)32)23-6-7-24-27(13-23)34-11-10-33-24/h2-9,12-16H,10-11,17-18H2,1H3. The zero-order valence-electron chi connectivity index (χ0n) is 19.7. The van der Waals surface area contributed by atoms with Crippen LogP contribution in [0.25, 0.3) is 5.69 Å². The van der Waals surface area contributed by atoms with E-state index >= 15 is 0 Å². The molecule has 0 fully saturated rings. The van der Waals surface area contributed by atoms with E-state index in [9.17, 15) is 9.59 Å². The first-order valence-electron chi connectivity index (χ1n) is 11.5. The second kappa shape index (κ2) is 10.4. The van der Waals surface area contributed by atoms with Gasteiger partial charge in [-0.1, -0.05) is 6.07 Å². The van der Waals surface area contributed by atoms with Crippen LogP contribution in [0.2, 0.25) is 0 Å². The molecule has 8 nitrogen and oxygen atoms in total. The molecule has 0 bridgehead atoms. The third-order valence-electron chi connectivity index (χ3n) is 5.76. The van der Waals surface area contributed by atoms with Crippen LogP contribution in [0.15, 0.2) is 78.0 Å². The number of carbonyl (C=O) groups is 1. The molecule has 2 aromatic carbocycles. The summed E-state index contributed by atoms with van der Waals surface area (Å²) in [6, 6.07) is 16.0. The average Bonchev–Trinajstić information content (AvgIpc) is 2.92. The molecule has 0 saturated carbocycles. The lowest BCUT2D eigenvalue weighted by Crippen LogP contribution is -2.23. The fourth-order valence-electron chi connectivity index (χ4n) is 3.90. The van der Waals surface area contributed by atoms with Crippen molar-refractivity contribution in [2.45, 2.75) is 20.1 Å². The summed E-state index contributed by atoms with van der Waals surface area (Å²) in [4.78, 5) is 28.9. The monoisotopic (exact) mass is 484 g/mol. The molecule has 4 aromatic rings. The van der Waals surface area contributed by atoms with Crippen molar-refractivity contribution in [2.75, 3.05) is 13.2 Å². The first kappa shape index (κ1) is 23.2. The number of ether oxygens (including phenoxy) is 4. The Bertz CT molecular complexity index is 1450. The molecule has 2 aromatic heterocycles. The van der Waals surface area contributed by atoms with Crippen molar-refractivity contribution in [1.82, 2.24) is 9.55 Å². The average molecular weight is 485 g/mol. The number of aromatic nitrogens is 2. The van der Waals surface area contributed by atoms with Crippen molar-refractivity contribution in [3.63, 3.8) is 0 Å². The van der Waals surface area contributed by atoms with Gasteiger partial charge < -0.3 is 18.9 Å². The SMILES string of the molecule is Cc1cc(C=O)c(OCc2cccnc2)cc1OCc1cccn(-c2ccc3c(c2)OCCO3)c1=O. The van der Waals surface area contributed by atoms with Crippen molar-refractivity contribution in [3.8, 4) is 28.7 Å². The molecular weight excluding hydrogens is 460 g/mol. The summed E-state index contributed by atoms with van der Waals surface area (Å²) in [5.41, 5.74) is 3.00. The summed E-state index contributed by atoms with van der Waals surface area (Å²) in [6.07, 6.45) is 5.84. The van der Waals surface area contributed by atoms with Crippen LogP contribution in [-0.4, -0.2) is 29.1 Å². The molecule has 1 aliphatic heterocycles. The molecule has 182 valence electrons. The van der Waals surface area contributed by atoms with E-state index in [1.807, 2.05) is 25.1 Å². The van der Waals surface area contributed by atoms with Gasteiger partial charge >= 0.3 is 0 Å². The number of aryl methyl sites for hydroxylation is 1. The minimum atomic E-state index is -0.204. The highest BCUT2D eigenvalue weighted by Gasteiger charge is 2.15. The molecule has 0 saturated heterocycles. The van der Waals surface area contributed by atoms with Gasteiger partial charge in [-0.15, -0.1) is 0 Å². The number of aldehydes is 1. The van der Waals surface area contributed by atoms with Crippen LogP contribution in [0.5, 0.6) is 23.0 Å². The molecule has 0 unspecified atom stereocenters. The van der Waals surface area contributed by atoms with Crippen molar-refractivity contribution in [2.24, 2.45) is 0 Å². The minimum Gasteiger partial charge on any atom is -0.488 e. The van der Waals surface area contributed by atoms with Crippen LogP contribution in [-0.2, 0) is 13.2 Å². The van der Waals surface area contributed by atoms with E-state index in [2.05, 4.69) is 4.98 Å². The van der Waals surface area contributed by atoms with Crippen molar-refractivity contribution >= 4 is 6.29 Å². The van der Waals surface area contributed by atoms with E-state index in [1.165, 1.54) is 0 Å². The highest BCUT2D eigenvalue weighted by molar-refractivity contribution is 5.80. The Hall–Kier alpha value is -4.59. The maximum atomic E-state index is 13.2. The van der Waals surface area contributed by atoms with Gasteiger partial charge in [-0.2, -0.15) is 0 Å². The number of pyridine rings is 2. The number of benzene rings is 2. The predicted molar refractivity (Wildman–Crippen MR) is 132 cm³/mol. The van der Waals surface area contributed by atoms with E-state index in [-0.39, 0.29) is 18.8 Å². The smallest absolute Gasteiger partial charge is 0.261 e. The van der Waals surface area contributed by atoms with Crippen LogP contribution in [0, 0.1) is 6.92 Å². The predicted octanol–water partition coefficient (Wildman–Crippen LogP) is 4.28. The topological polar surface area (TPSA) is 88.9 Å². The number of hydrogen-bond acceptors (Lipinski definition) is 7. The second-order valence-electron chi connectivity index (χ2n) is 8.25. The zero-order chi connectivity index (χ0) is 24.9. The van der Waals surface area contributed by atoms with Gasteiger partial charge in [0.05, 0.1) is 16.8 Å². The highest BCUT2D eigenvalue weighted by atomic mass is 16.6. The van der Waals surface area contributed by atoms with Gasteiger partial charge in [0, 0.05) is 36.3 Å². The molecule has 0 aliphatic carbocycles. The Morgan fingerprint density at radius 1 is 0.972 bits per heavy atom. The fourth-order valence-corrected chi connectivity index (χ4v) is 3.90. The zero-order valence-corrected chi connectivity index (χ0v) is 19.7. The quantitative estimate of drug-likeness (QED) is 0.345. The first-order chi connectivity index (χ1) is 17.6. The molecule has 36 heavy (non-hydrogen) atoms. The molecule has 0 atom stereocenters. The third-order valence-corrected chi connectivity index (χ3v) is 5.76. The van der Waals surface area contributed by atoms with Crippen LogP contribution in [0.1, 0.15) is 27.0 Å². The van der Waals surface area contributed by atoms with Gasteiger partial charge in [0.25, 0.3) is 5.56 Å². The summed E-state index contributed by atoms with van der Waals surface area (Å²) in [6.45, 7) is 3.12. The summed E-state index contributed by atoms with van der Waals surface area (Å²) in [5, 5.41) is 0. The minimum absolute atomic E-state index is 0.0492. The van der Waals surface area contributed by atoms with Gasteiger partial charge in [-0.25, -0.2) is 0 Å². The van der Waals surface area contributed by atoms with Crippen molar-refractivity contribution in [3.05, 3.63) is 106 Å². The number of hydrogen-bond donors (Lipinski definition) is 0. The van der Waals surface area contributed by atoms with Crippen molar-refractivity contribution in [1.29, 1.82) is 0 Å². The maximum absolute atomic E-state index is 13.2. The van der Waals surface area contributed by atoms with Gasteiger partial charge in [0.2, 0.25) is 0 Å². The largest absolute Gasteiger partial charge is 0.488 e. The fraction of sp³-hybridized carbons (Fsp3) is 0.179. The lowest BCUT2D eigenvalue weighted by molar-refractivity contribution is 0.111. The molecular formula is C28H24N2O6. The molecule has 0 N–H and O–H groups in total. The Labute approximate surface area is 207 Å². The lowest BCUT2D eigenvalue weighted by atomic mass is 10.1. The molecule has 5 rings (SSSR count). The number of fused-ring (bicyclic) bond motifs is 1. The molecule has 1 aliphatic rings. The van der Waals surface area contributed by atoms with Gasteiger partial charge in [0.1, 0.15) is 37.9 Å². The van der Waals surface area contributed by atoms with Gasteiger partial charge in [0.15, 0.2) is 17.8 Å². The molecule has 0 spiro atoms. The molecule has 0 radical (unpaired) electrons. The Morgan fingerprint density at radius 3 is 2.61 bits per heavy atom. The van der Waals surface area contributed by atoms with Gasteiger partial charge in [-0.3, -0.25) is 19.1 Å². The van der Waals surface area contributed by atoms with Crippen LogP contribution >= 0.6 is 0 Å². The lowest BCUT2D eigenvalue weighted by Gasteiger charge is -2.19. The van der Waals surface area contributed by atoms with E-state index in [4.69, 9.17) is 18.9 Å². The Morgan fingerprint density at radius 2 is 1.81 bits per heavy atom. The summed E-state index contributed by atoms with van der Waals surface area (Å²) in [5.74, 6) is 2.19. The number of rotatable bonds is 8. The highest BCUT2D eigenvalue weighted by Crippen LogP contribution is 2.32. The summed E-state index contributed by atoms with van der Waals surface area (Å²) >= 11 is 0. The summed E-state index contributed by atoms with van der Waals surface area (Å²) < 4.78 is 24.6. The van der Waals surface area contributed by atoms with Crippen LogP contribution < -0.4 is 24.5 Å². The van der Waals surface area contributed by atoms with E-state index in [0.717, 1.165) is 17.4 Å². The third kappa shape index (κ3) is 4.93. The second-order valence-corrected chi connectivity index (χ2v) is 8.25. The molecule has 3 heterocycles. The molecule has 0 amide bonds. The first-order valence-corrected chi connectivity index (χ1v) is 11.5.